The van der Waals surface area contributed by atoms with Crippen LogP contribution in [0.15, 0.2) is 18.2 Å². The SMILES string of the molecule is COc1cc(C(=O)C(O)C(C)(C)C)ccc1Cl. The van der Waals surface area contributed by atoms with Crippen LogP contribution < -0.4 is 4.74 Å². The summed E-state index contributed by atoms with van der Waals surface area (Å²) in [5.41, 5.74) is -0.0992. The average Bonchev–Trinajstić information content (AvgIpc) is 2.26. The Hall–Kier alpha value is -1.06. The van der Waals surface area contributed by atoms with Crippen LogP contribution in [-0.4, -0.2) is 24.1 Å². The number of benzene rings is 1. The summed E-state index contributed by atoms with van der Waals surface area (Å²) < 4.78 is 5.04. The minimum absolute atomic E-state index is 0.326. The molecule has 0 spiro atoms. The number of aliphatic hydroxyl groups is 1. The minimum atomic E-state index is -1.05. The molecule has 0 saturated heterocycles. The molecule has 94 valence electrons. The van der Waals surface area contributed by atoms with E-state index in [1.807, 2.05) is 20.8 Å². The molecule has 0 aliphatic carbocycles. The number of aliphatic hydroxyl groups excluding tert-OH is 1. The third-order valence-corrected chi connectivity index (χ3v) is 2.82. The van der Waals surface area contributed by atoms with Crippen LogP contribution in [-0.2, 0) is 0 Å². The monoisotopic (exact) mass is 256 g/mol. The van der Waals surface area contributed by atoms with Gasteiger partial charge >= 0.3 is 0 Å². The topological polar surface area (TPSA) is 46.5 Å². The van der Waals surface area contributed by atoms with Gasteiger partial charge in [0.15, 0.2) is 5.78 Å². The summed E-state index contributed by atoms with van der Waals surface area (Å²) in [6.45, 7) is 5.42. The minimum Gasteiger partial charge on any atom is -0.495 e. The normalized spacial score (nSPS) is 13.3. The van der Waals surface area contributed by atoms with Crippen molar-refractivity contribution in [3.8, 4) is 5.75 Å². The van der Waals surface area contributed by atoms with E-state index in [1.165, 1.54) is 7.11 Å². The van der Waals surface area contributed by atoms with Gasteiger partial charge in [-0.05, 0) is 23.6 Å². The van der Waals surface area contributed by atoms with Gasteiger partial charge in [-0.3, -0.25) is 4.79 Å². The summed E-state index contributed by atoms with van der Waals surface area (Å²) in [5, 5.41) is 10.4. The fourth-order valence-electron chi connectivity index (χ4n) is 1.36. The molecule has 1 aromatic carbocycles. The zero-order chi connectivity index (χ0) is 13.2. The summed E-state index contributed by atoms with van der Waals surface area (Å²) in [5.74, 6) is 0.103. The first kappa shape index (κ1) is 14.0. The predicted molar refractivity (Wildman–Crippen MR) is 67.8 cm³/mol. The zero-order valence-corrected chi connectivity index (χ0v) is 11.2. The maximum Gasteiger partial charge on any atom is 0.191 e. The molecule has 1 aromatic rings. The van der Waals surface area contributed by atoms with E-state index in [-0.39, 0.29) is 5.78 Å². The van der Waals surface area contributed by atoms with Gasteiger partial charge in [0.2, 0.25) is 0 Å². The van der Waals surface area contributed by atoms with E-state index in [9.17, 15) is 9.90 Å². The van der Waals surface area contributed by atoms with Gasteiger partial charge in [0.1, 0.15) is 11.9 Å². The van der Waals surface area contributed by atoms with Crippen LogP contribution in [0.2, 0.25) is 5.02 Å². The van der Waals surface area contributed by atoms with Gasteiger partial charge in [0.25, 0.3) is 0 Å². The highest BCUT2D eigenvalue weighted by molar-refractivity contribution is 6.32. The van der Waals surface area contributed by atoms with Crippen LogP contribution in [0, 0.1) is 5.41 Å². The van der Waals surface area contributed by atoms with Gasteiger partial charge < -0.3 is 9.84 Å². The number of ketones is 1. The highest BCUT2D eigenvalue weighted by atomic mass is 35.5. The van der Waals surface area contributed by atoms with Gasteiger partial charge in [0.05, 0.1) is 12.1 Å². The van der Waals surface area contributed by atoms with Crippen molar-refractivity contribution in [2.45, 2.75) is 26.9 Å². The van der Waals surface area contributed by atoms with Gasteiger partial charge in [-0.15, -0.1) is 0 Å². The molecule has 0 radical (unpaired) electrons. The number of methoxy groups -OCH3 is 1. The van der Waals surface area contributed by atoms with Crippen molar-refractivity contribution in [2.75, 3.05) is 7.11 Å². The second kappa shape index (κ2) is 5.07. The first-order valence-electron chi connectivity index (χ1n) is 5.33. The number of Topliss-reactive ketones (excluding diaryl/α,β-unsaturated/α-hetero) is 1. The third kappa shape index (κ3) is 3.20. The molecule has 0 aliphatic heterocycles. The van der Waals surface area contributed by atoms with E-state index in [2.05, 4.69) is 0 Å². The maximum atomic E-state index is 12.0. The van der Waals surface area contributed by atoms with Crippen molar-refractivity contribution < 1.29 is 14.6 Å². The molecular weight excluding hydrogens is 240 g/mol. The number of hydrogen-bond donors (Lipinski definition) is 1. The summed E-state index contributed by atoms with van der Waals surface area (Å²) >= 11 is 5.87. The average molecular weight is 257 g/mol. The van der Waals surface area contributed by atoms with E-state index in [0.717, 1.165) is 0 Å². The van der Waals surface area contributed by atoms with Crippen molar-refractivity contribution in [3.05, 3.63) is 28.8 Å². The second-order valence-electron chi connectivity index (χ2n) is 4.98. The lowest BCUT2D eigenvalue weighted by molar-refractivity contribution is 0.0442. The van der Waals surface area contributed by atoms with E-state index >= 15 is 0 Å². The Morgan fingerprint density at radius 2 is 2.00 bits per heavy atom. The molecule has 0 aliphatic rings. The maximum absolute atomic E-state index is 12.0. The Labute approximate surface area is 106 Å². The number of ether oxygens (including phenoxy) is 1. The van der Waals surface area contributed by atoms with Crippen LogP contribution in [0.1, 0.15) is 31.1 Å². The molecule has 3 nitrogen and oxygen atoms in total. The number of carbonyl (C=O) groups excluding carboxylic acids is 1. The van der Waals surface area contributed by atoms with Gasteiger partial charge in [-0.2, -0.15) is 0 Å². The van der Waals surface area contributed by atoms with Crippen molar-refractivity contribution >= 4 is 17.4 Å². The quantitative estimate of drug-likeness (QED) is 0.846. The van der Waals surface area contributed by atoms with Crippen LogP contribution in [0.4, 0.5) is 0 Å². The number of hydrogen-bond acceptors (Lipinski definition) is 3. The second-order valence-corrected chi connectivity index (χ2v) is 5.39. The first-order chi connectivity index (χ1) is 7.77. The molecule has 1 atom stereocenters. The fourth-order valence-corrected chi connectivity index (χ4v) is 1.56. The Morgan fingerprint density at radius 3 is 2.47 bits per heavy atom. The lowest BCUT2D eigenvalue weighted by Gasteiger charge is -2.24. The first-order valence-corrected chi connectivity index (χ1v) is 5.71. The standard InChI is InChI=1S/C13H17ClO3/c1-13(2,3)12(16)11(15)8-5-6-9(14)10(7-8)17-4/h5-7,12,16H,1-4H3. The molecule has 17 heavy (non-hydrogen) atoms. The van der Waals surface area contributed by atoms with E-state index in [1.54, 1.807) is 18.2 Å². The molecule has 4 heteroatoms. The Balaban J connectivity index is 3.05. The smallest absolute Gasteiger partial charge is 0.191 e. The van der Waals surface area contributed by atoms with Gasteiger partial charge in [-0.1, -0.05) is 32.4 Å². The van der Waals surface area contributed by atoms with Crippen molar-refractivity contribution in [1.29, 1.82) is 0 Å². The van der Waals surface area contributed by atoms with Gasteiger partial charge in [0, 0.05) is 5.56 Å². The summed E-state index contributed by atoms with van der Waals surface area (Å²) in [4.78, 5) is 12.0. The van der Waals surface area contributed by atoms with Crippen LogP contribution in [0.5, 0.6) is 5.75 Å². The van der Waals surface area contributed by atoms with Crippen LogP contribution in [0.25, 0.3) is 0 Å². The molecule has 0 aromatic heterocycles. The number of halogens is 1. The van der Waals surface area contributed by atoms with Gasteiger partial charge in [-0.25, -0.2) is 0 Å². The molecular formula is C13H17ClO3. The Morgan fingerprint density at radius 1 is 1.41 bits per heavy atom. The number of carbonyl (C=O) groups is 1. The predicted octanol–water partition coefficient (Wildman–Crippen LogP) is 2.94. The molecule has 1 rings (SSSR count). The van der Waals surface area contributed by atoms with Crippen molar-refractivity contribution in [2.24, 2.45) is 5.41 Å². The molecule has 0 bridgehead atoms. The van der Waals surface area contributed by atoms with E-state index in [4.69, 9.17) is 16.3 Å². The molecule has 0 heterocycles. The van der Waals surface area contributed by atoms with Crippen molar-refractivity contribution in [1.82, 2.24) is 0 Å². The largest absolute Gasteiger partial charge is 0.495 e. The lowest BCUT2D eigenvalue weighted by atomic mass is 9.84. The third-order valence-electron chi connectivity index (χ3n) is 2.50. The number of rotatable bonds is 3. The fraction of sp³-hybridized carbons (Fsp3) is 0.462. The highest BCUT2D eigenvalue weighted by Gasteiger charge is 2.30. The summed E-state index contributed by atoms with van der Waals surface area (Å²) in [6, 6.07) is 4.71. The molecule has 0 amide bonds. The van der Waals surface area contributed by atoms with Crippen LogP contribution >= 0.6 is 11.6 Å². The summed E-state index contributed by atoms with van der Waals surface area (Å²) in [6.07, 6.45) is -1.05. The summed E-state index contributed by atoms with van der Waals surface area (Å²) in [7, 11) is 1.48. The highest BCUT2D eigenvalue weighted by Crippen LogP contribution is 2.28. The molecule has 1 N–H and O–H groups in total. The van der Waals surface area contributed by atoms with E-state index in [0.29, 0.717) is 16.3 Å². The van der Waals surface area contributed by atoms with Crippen molar-refractivity contribution in [3.63, 3.8) is 0 Å². The lowest BCUT2D eigenvalue weighted by Crippen LogP contribution is -2.34. The zero-order valence-electron chi connectivity index (χ0n) is 10.5. The van der Waals surface area contributed by atoms with E-state index < -0.39 is 11.5 Å². The Kier molecular flexibility index (Phi) is 4.17. The molecule has 1 unspecified atom stereocenters. The van der Waals surface area contributed by atoms with Crippen LogP contribution in [0.3, 0.4) is 0 Å². The molecule has 0 saturated carbocycles. The molecule has 0 fully saturated rings. The Bertz CT molecular complexity index is 421.